The number of hydrogen-bond acceptors (Lipinski definition) is 5. The van der Waals surface area contributed by atoms with Gasteiger partial charge in [-0.2, -0.15) is 0 Å². The molecule has 4 aromatic carbocycles. The molecular weight excluding hydrogens is 450 g/mol. The Labute approximate surface area is 208 Å². The Morgan fingerprint density at radius 2 is 1.64 bits per heavy atom. The third-order valence-corrected chi connectivity index (χ3v) is 5.92. The van der Waals surface area contributed by atoms with Crippen LogP contribution >= 0.6 is 0 Å². The first-order valence-corrected chi connectivity index (χ1v) is 11.6. The molecule has 0 saturated heterocycles. The van der Waals surface area contributed by atoms with Gasteiger partial charge in [-0.25, -0.2) is 5.48 Å². The number of nitrogens with zero attached hydrogens (tertiary/aromatic N) is 1. The number of pyridine rings is 1. The number of hydrogen-bond donors (Lipinski definition) is 3. The Morgan fingerprint density at radius 3 is 2.47 bits per heavy atom. The van der Waals surface area contributed by atoms with Crippen molar-refractivity contribution in [3.05, 3.63) is 120 Å². The third-order valence-electron chi connectivity index (χ3n) is 5.92. The van der Waals surface area contributed by atoms with Crippen LogP contribution in [0.15, 0.2) is 109 Å². The Kier molecular flexibility index (Phi) is 6.87. The summed E-state index contributed by atoms with van der Waals surface area (Å²) < 4.78 is 6.27. The molecule has 1 aromatic heterocycles. The molecule has 0 saturated carbocycles. The fraction of sp³-hybridized carbons (Fsp3) is 0.0667. The zero-order valence-electron chi connectivity index (χ0n) is 19.5. The largest absolute Gasteiger partial charge is 0.489 e. The molecule has 0 atom stereocenters. The zero-order valence-corrected chi connectivity index (χ0v) is 19.5. The standard InChI is InChI=1S/C30H25N3O3/c34-30(33-35)24-14-12-21(13-15-24)16-22(18-31-26-17-25-7-2-4-10-28(25)32-19-26)20-36-29-11-5-8-23-6-1-3-9-27(23)29/h1-17,19,31,35H,18,20H2,(H,33,34)/b22-16+. The number of amides is 1. The van der Waals surface area contributed by atoms with Crippen molar-refractivity contribution in [1.82, 2.24) is 10.5 Å². The normalized spacial score (nSPS) is 11.4. The lowest BCUT2D eigenvalue weighted by Crippen LogP contribution is -2.18. The topological polar surface area (TPSA) is 83.5 Å². The molecule has 0 radical (unpaired) electrons. The number of carbonyl (C=O) groups is 1. The second kappa shape index (κ2) is 10.7. The maximum atomic E-state index is 11.7. The lowest BCUT2D eigenvalue weighted by Gasteiger charge is -2.14. The molecule has 0 aliphatic heterocycles. The van der Waals surface area contributed by atoms with Gasteiger partial charge < -0.3 is 10.1 Å². The van der Waals surface area contributed by atoms with Crippen LogP contribution in [0.2, 0.25) is 0 Å². The van der Waals surface area contributed by atoms with Crippen molar-refractivity contribution >= 4 is 39.3 Å². The molecule has 178 valence electrons. The molecule has 6 nitrogen and oxygen atoms in total. The number of anilines is 1. The van der Waals surface area contributed by atoms with Gasteiger partial charge in [0.25, 0.3) is 5.91 Å². The van der Waals surface area contributed by atoms with E-state index in [1.165, 1.54) is 0 Å². The van der Waals surface area contributed by atoms with Crippen molar-refractivity contribution in [1.29, 1.82) is 0 Å². The van der Waals surface area contributed by atoms with Crippen LogP contribution in [0.4, 0.5) is 5.69 Å². The van der Waals surface area contributed by atoms with E-state index in [9.17, 15) is 4.79 Å². The van der Waals surface area contributed by atoms with Crippen LogP contribution in [0.3, 0.4) is 0 Å². The number of rotatable bonds is 8. The van der Waals surface area contributed by atoms with Gasteiger partial charge in [-0.3, -0.25) is 15.0 Å². The van der Waals surface area contributed by atoms with Gasteiger partial charge >= 0.3 is 0 Å². The number of aromatic nitrogens is 1. The molecule has 1 heterocycles. The third kappa shape index (κ3) is 5.35. The minimum atomic E-state index is -0.546. The molecule has 5 rings (SSSR count). The lowest BCUT2D eigenvalue weighted by atomic mass is 10.1. The number of benzene rings is 4. The summed E-state index contributed by atoms with van der Waals surface area (Å²) in [5.74, 6) is 0.275. The van der Waals surface area contributed by atoms with E-state index in [2.05, 4.69) is 34.6 Å². The van der Waals surface area contributed by atoms with Crippen molar-refractivity contribution < 1.29 is 14.7 Å². The zero-order chi connectivity index (χ0) is 24.7. The molecule has 0 spiro atoms. The van der Waals surface area contributed by atoms with E-state index in [4.69, 9.17) is 9.94 Å². The van der Waals surface area contributed by atoms with Crippen LogP contribution in [0, 0.1) is 0 Å². The molecule has 36 heavy (non-hydrogen) atoms. The molecule has 5 aromatic rings. The van der Waals surface area contributed by atoms with E-state index in [1.807, 2.05) is 72.9 Å². The summed E-state index contributed by atoms with van der Waals surface area (Å²) in [7, 11) is 0. The first kappa shape index (κ1) is 23.1. The molecular formula is C30H25N3O3. The lowest BCUT2D eigenvalue weighted by molar-refractivity contribution is 0.0706. The van der Waals surface area contributed by atoms with Gasteiger partial charge in [0, 0.05) is 22.9 Å². The summed E-state index contributed by atoms with van der Waals surface area (Å²) in [6.45, 7) is 0.921. The monoisotopic (exact) mass is 475 g/mol. The number of carbonyl (C=O) groups excluding carboxylic acids is 1. The van der Waals surface area contributed by atoms with Gasteiger partial charge in [0.15, 0.2) is 0 Å². The molecule has 0 aliphatic carbocycles. The summed E-state index contributed by atoms with van der Waals surface area (Å²) in [5, 5.41) is 15.6. The molecule has 0 bridgehead atoms. The summed E-state index contributed by atoms with van der Waals surface area (Å²) in [6.07, 6.45) is 3.86. The van der Waals surface area contributed by atoms with Gasteiger partial charge in [0.2, 0.25) is 0 Å². The molecule has 6 heteroatoms. The molecule has 0 fully saturated rings. The van der Waals surface area contributed by atoms with Crippen LogP contribution < -0.4 is 15.5 Å². The minimum absolute atomic E-state index is 0.376. The Hall–Kier alpha value is -4.68. The highest BCUT2D eigenvalue weighted by Crippen LogP contribution is 2.26. The van der Waals surface area contributed by atoms with Crippen LogP contribution in [0.1, 0.15) is 15.9 Å². The average Bonchev–Trinajstić information content (AvgIpc) is 2.94. The maximum Gasteiger partial charge on any atom is 0.274 e. The van der Waals surface area contributed by atoms with Crippen molar-refractivity contribution in [3.63, 3.8) is 0 Å². The second-order valence-electron chi connectivity index (χ2n) is 8.40. The van der Waals surface area contributed by atoms with Gasteiger partial charge in [0.05, 0.1) is 17.4 Å². The SMILES string of the molecule is O=C(NO)c1ccc(/C=C(\CNc2cnc3ccccc3c2)COc2cccc3ccccc23)cc1. The van der Waals surface area contributed by atoms with Crippen molar-refractivity contribution in [2.75, 3.05) is 18.5 Å². The second-order valence-corrected chi connectivity index (χ2v) is 8.40. The summed E-state index contributed by atoms with van der Waals surface area (Å²) in [6, 6.07) is 31.3. The summed E-state index contributed by atoms with van der Waals surface area (Å²) in [4.78, 5) is 16.2. The Bertz CT molecular complexity index is 1540. The van der Waals surface area contributed by atoms with Crippen LogP contribution in [-0.2, 0) is 0 Å². The predicted molar refractivity (Wildman–Crippen MR) is 143 cm³/mol. The molecule has 0 unspecified atom stereocenters. The Morgan fingerprint density at radius 1 is 0.889 bits per heavy atom. The van der Waals surface area contributed by atoms with Gasteiger partial charge in [0.1, 0.15) is 12.4 Å². The number of fused-ring (bicyclic) bond motifs is 2. The smallest absolute Gasteiger partial charge is 0.274 e. The molecule has 3 N–H and O–H groups in total. The number of nitrogens with one attached hydrogen (secondary N) is 2. The van der Waals surface area contributed by atoms with Gasteiger partial charge in [-0.05, 0) is 46.9 Å². The molecule has 1 amide bonds. The fourth-order valence-corrected chi connectivity index (χ4v) is 4.05. The van der Waals surface area contributed by atoms with E-state index in [0.29, 0.717) is 18.7 Å². The highest BCUT2D eigenvalue weighted by Gasteiger charge is 2.07. The van der Waals surface area contributed by atoms with Crippen molar-refractivity contribution in [3.8, 4) is 5.75 Å². The first-order chi connectivity index (χ1) is 17.7. The molecule has 0 aliphatic rings. The number of hydroxylamine groups is 1. The van der Waals surface area contributed by atoms with Gasteiger partial charge in [-0.1, -0.05) is 72.8 Å². The van der Waals surface area contributed by atoms with E-state index in [1.54, 1.807) is 17.6 Å². The summed E-state index contributed by atoms with van der Waals surface area (Å²) in [5.41, 5.74) is 5.83. The number of para-hydroxylation sites is 1. The highest BCUT2D eigenvalue weighted by molar-refractivity contribution is 5.93. The van der Waals surface area contributed by atoms with Gasteiger partial charge in [-0.15, -0.1) is 0 Å². The van der Waals surface area contributed by atoms with E-state index in [0.717, 1.165) is 44.2 Å². The number of ether oxygens (including phenoxy) is 1. The van der Waals surface area contributed by atoms with Crippen LogP contribution in [0.5, 0.6) is 5.75 Å². The van der Waals surface area contributed by atoms with E-state index in [-0.39, 0.29) is 0 Å². The maximum absolute atomic E-state index is 11.7. The predicted octanol–water partition coefficient (Wildman–Crippen LogP) is 6.08. The van der Waals surface area contributed by atoms with E-state index < -0.39 is 5.91 Å². The van der Waals surface area contributed by atoms with E-state index >= 15 is 0 Å². The minimum Gasteiger partial charge on any atom is -0.489 e. The van der Waals surface area contributed by atoms with Crippen molar-refractivity contribution in [2.24, 2.45) is 0 Å². The van der Waals surface area contributed by atoms with Crippen LogP contribution in [0.25, 0.3) is 27.8 Å². The highest BCUT2D eigenvalue weighted by atomic mass is 16.5. The Balaban J connectivity index is 1.38. The average molecular weight is 476 g/mol. The van der Waals surface area contributed by atoms with Crippen molar-refractivity contribution in [2.45, 2.75) is 0 Å². The first-order valence-electron chi connectivity index (χ1n) is 11.6. The quantitative estimate of drug-likeness (QED) is 0.187. The fourth-order valence-electron chi connectivity index (χ4n) is 4.05. The summed E-state index contributed by atoms with van der Waals surface area (Å²) >= 11 is 0. The van der Waals surface area contributed by atoms with Crippen LogP contribution in [-0.4, -0.2) is 29.3 Å².